The van der Waals surface area contributed by atoms with Gasteiger partial charge >= 0.3 is 0 Å². The van der Waals surface area contributed by atoms with E-state index in [0.29, 0.717) is 0 Å². The van der Waals surface area contributed by atoms with Crippen molar-refractivity contribution in [1.82, 2.24) is 0 Å². The number of aromatic hydroxyl groups is 1. The first-order valence-electron chi connectivity index (χ1n) is 4.17. The molecule has 3 N–H and O–H groups in total. The fraction of sp³-hybridized carbons (Fsp3) is 0. The number of benzene rings is 1. The standard InChI is InChI=1S/C9H6Cl2N2O4/c10-7-5(13(16)17)3-4(1-2-6(12)14)9(15)8(7)11/h1-3,15H,(H2,12,14). The molecule has 6 nitrogen and oxygen atoms in total. The SMILES string of the molecule is NC(=O)C=Cc1cc([N+](=O)[O-])c(Cl)c(Cl)c1O. The van der Waals surface area contributed by atoms with Crippen LogP contribution >= 0.6 is 23.2 Å². The van der Waals surface area contributed by atoms with Gasteiger partial charge in [-0.05, 0) is 6.08 Å². The van der Waals surface area contributed by atoms with Crippen molar-refractivity contribution >= 4 is 40.9 Å². The number of rotatable bonds is 3. The molecule has 90 valence electrons. The number of carbonyl (C=O) groups is 1. The molecule has 0 saturated carbocycles. The maximum atomic E-state index is 10.6. The monoisotopic (exact) mass is 276 g/mol. The maximum absolute atomic E-state index is 10.6. The van der Waals surface area contributed by atoms with Crippen molar-refractivity contribution in [3.8, 4) is 5.75 Å². The predicted molar refractivity (Wildman–Crippen MR) is 63.0 cm³/mol. The number of phenolic OH excluding ortho intramolecular Hbond substituents is 1. The van der Waals surface area contributed by atoms with Gasteiger partial charge in [0.05, 0.1) is 4.92 Å². The lowest BCUT2D eigenvalue weighted by molar-refractivity contribution is -0.384. The van der Waals surface area contributed by atoms with Crippen LogP contribution in [0.4, 0.5) is 5.69 Å². The average Bonchev–Trinajstić information content (AvgIpc) is 2.24. The molecule has 1 aromatic carbocycles. The highest BCUT2D eigenvalue weighted by Crippen LogP contribution is 2.41. The number of phenols is 1. The second-order valence-electron chi connectivity index (χ2n) is 2.95. The summed E-state index contributed by atoms with van der Waals surface area (Å²) in [6, 6.07) is 0.989. The molecule has 0 spiro atoms. The van der Waals surface area contributed by atoms with Crippen molar-refractivity contribution in [3.05, 3.63) is 37.9 Å². The van der Waals surface area contributed by atoms with E-state index in [0.717, 1.165) is 18.2 Å². The molecule has 0 aliphatic rings. The van der Waals surface area contributed by atoms with E-state index in [4.69, 9.17) is 28.9 Å². The first kappa shape index (κ1) is 13.3. The van der Waals surface area contributed by atoms with Crippen LogP contribution in [-0.4, -0.2) is 15.9 Å². The van der Waals surface area contributed by atoms with E-state index in [1.54, 1.807) is 0 Å². The topological polar surface area (TPSA) is 106 Å². The smallest absolute Gasteiger partial charge is 0.290 e. The molecular weight excluding hydrogens is 271 g/mol. The highest BCUT2D eigenvalue weighted by atomic mass is 35.5. The van der Waals surface area contributed by atoms with Crippen molar-refractivity contribution in [2.75, 3.05) is 0 Å². The number of primary amides is 1. The van der Waals surface area contributed by atoms with Crippen LogP contribution in [0.25, 0.3) is 6.08 Å². The van der Waals surface area contributed by atoms with E-state index in [1.807, 2.05) is 0 Å². The number of hydrogen-bond donors (Lipinski definition) is 2. The first-order chi connectivity index (χ1) is 7.84. The van der Waals surface area contributed by atoms with Gasteiger partial charge in [-0.15, -0.1) is 0 Å². The minimum atomic E-state index is -0.766. The third-order valence-corrected chi connectivity index (χ3v) is 2.66. The molecule has 0 fully saturated rings. The van der Waals surface area contributed by atoms with Gasteiger partial charge in [0.15, 0.2) is 0 Å². The number of halogens is 2. The van der Waals surface area contributed by atoms with Crippen LogP contribution in [0.2, 0.25) is 10.0 Å². The molecule has 17 heavy (non-hydrogen) atoms. The molecule has 0 bridgehead atoms. The summed E-state index contributed by atoms with van der Waals surface area (Å²) in [5.41, 5.74) is 4.36. The van der Waals surface area contributed by atoms with Crippen LogP contribution in [-0.2, 0) is 4.79 Å². The third kappa shape index (κ3) is 2.86. The van der Waals surface area contributed by atoms with Gasteiger partial charge in [0, 0.05) is 17.7 Å². The number of amides is 1. The molecule has 1 aromatic rings. The van der Waals surface area contributed by atoms with Crippen LogP contribution in [0.15, 0.2) is 12.1 Å². The molecule has 0 saturated heterocycles. The van der Waals surface area contributed by atoms with E-state index in [2.05, 4.69) is 0 Å². The first-order valence-corrected chi connectivity index (χ1v) is 4.93. The van der Waals surface area contributed by atoms with Crippen molar-refractivity contribution in [1.29, 1.82) is 0 Å². The van der Waals surface area contributed by atoms with Crippen LogP contribution in [0.3, 0.4) is 0 Å². The molecule has 1 rings (SSSR count). The highest BCUT2D eigenvalue weighted by molar-refractivity contribution is 6.44. The van der Waals surface area contributed by atoms with Crippen molar-refractivity contribution in [2.24, 2.45) is 5.73 Å². The summed E-state index contributed by atoms with van der Waals surface area (Å²) in [5.74, 6) is -1.22. The molecule has 0 atom stereocenters. The average molecular weight is 277 g/mol. The summed E-state index contributed by atoms with van der Waals surface area (Å²) in [5, 5.41) is 19.5. The lowest BCUT2D eigenvalue weighted by Crippen LogP contribution is -2.05. The molecule has 0 radical (unpaired) electrons. The number of nitrogens with two attached hydrogens (primary N) is 1. The number of nitrogens with zero attached hydrogens (tertiary/aromatic N) is 1. The molecule has 0 aliphatic carbocycles. The lowest BCUT2D eigenvalue weighted by Gasteiger charge is -2.04. The maximum Gasteiger partial charge on any atom is 0.290 e. The molecule has 0 heterocycles. The summed E-state index contributed by atoms with van der Waals surface area (Å²) in [4.78, 5) is 20.4. The summed E-state index contributed by atoms with van der Waals surface area (Å²) in [6.45, 7) is 0. The van der Waals surface area contributed by atoms with E-state index < -0.39 is 22.3 Å². The van der Waals surface area contributed by atoms with E-state index in [1.165, 1.54) is 0 Å². The van der Waals surface area contributed by atoms with Gasteiger partial charge in [-0.25, -0.2) is 0 Å². The fourth-order valence-corrected chi connectivity index (χ4v) is 1.47. The van der Waals surface area contributed by atoms with Gasteiger partial charge in [0.25, 0.3) is 5.69 Å². The van der Waals surface area contributed by atoms with E-state index in [-0.39, 0.29) is 15.6 Å². The van der Waals surface area contributed by atoms with Crippen LogP contribution in [0.5, 0.6) is 5.75 Å². The van der Waals surface area contributed by atoms with Crippen molar-refractivity contribution < 1.29 is 14.8 Å². The van der Waals surface area contributed by atoms with Crippen LogP contribution < -0.4 is 5.73 Å². The zero-order chi connectivity index (χ0) is 13.2. The Bertz CT molecular complexity index is 528. The van der Waals surface area contributed by atoms with Gasteiger partial charge in [-0.3, -0.25) is 14.9 Å². The molecule has 1 amide bonds. The van der Waals surface area contributed by atoms with Gasteiger partial charge in [-0.2, -0.15) is 0 Å². The number of carbonyl (C=O) groups excluding carboxylic acids is 1. The highest BCUT2D eigenvalue weighted by Gasteiger charge is 2.21. The van der Waals surface area contributed by atoms with Crippen LogP contribution in [0.1, 0.15) is 5.56 Å². The molecule has 8 heteroatoms. The van der Waals surface area contributed by atoms with Gasteiger partial charge in [-0.1, -0.05) is 23.2 Å². The fourth-order valence-electron chi connectivity index (χ4n) is 1.05. The van der Waals surface area contributed by atoms with Crippen LogP contribution in [0, 0.1) is 10.1 Å². The van der Waals surface area contributed by atoms with Gasteiger partial charge in [0.2, 0.25) is 5.91 Å². The van der Waals surface area contributed by atoms with E-state index >= 15 is 0 Å². The Balaban J connectivity index is 3.42. The Kier molecular flexibility index (Phi) is 3.93. The Morgan fingerprint density at radius 3 is 2.53 bits per heavy atom. The van der Waals surface area contributed by atoms with Crippen molar-refractivity contribution in [2.45, 2.75) is 0 Å². The molecular formula is C9H6Cl2N2O4. The molecule has 0 aromatic heterocycles. The summed E-state index contributed by atoms with van der Waals surface area (Å²) in [7, 11) is 0. The Morgan fingerprint density at radius 1 is 1.47 bits per heavy atom. The third-order valence-electron chi connectivity index (χ3n) is 1.82. The zero-order valence-corrected chi connectivity index (χ0v) is 9.70. The Morgan fingerprint density at radius 2 is 2.06 bits per heavy atom. The number of hydrogen-bond acceptors (Lipinski definition) is 4. The minimum absolute atomic E-state index is 0.0232. The minimum Gasteiger partial charge on any atom is -0.506 e. The Hall–Kier alpha value is -1.79. The Labute approximate surface area is 105 Å². The summed E-state index contributed by atoms with van der Waals surface area (Å²) in [6.07, 6.45) is 2.04. The number of nitro groups is 1. The summed E-state index contributed by atoms with van der Waals surface area (Å²) >= 11 is 11.2. The molecule has 0 unspecified atom stereocenters. The normalized spacial score (nSPS) is 10.7. The second-order valence-corrected chi connectivity index (χ2v) is 3.71. The largest absolute Gasteiger partial charge is 0.506 e. The quantitative estimate of drug-likeness (QED) is 0.501. The lowest BCUT2D eigenvalue weighted by atomic mass is 10.1. The van der Waals surface area contributed by atoms with Gasteiger partial charge < -0.3 is 10.8 Å². The summed E-state index contributed by atoms with van der Waals surface area (Å²) < 4.78 is 0. The predicted octanol–water partition coefficient (Wildman–Crippen LogP) is 2.11. The van der Waals surface area contributed by atoms with Gasteiger partial charge in [0.1, 0.15) is 15.8 Å². The number of nitro benzene ring substituents is 1. The second kappa shape index (κ2) is 5.03. The molecule has 0 aliphatic heterocycles. The van der Waals surface area contributed by atoms with Crippen molar-refractivity contribution in [3.63, 3.8) is 0 Å². The van der Waals surface area contributed by atoms with E-state index in [9.17, 15) is 20.0 Å². The zero-order valence-electron chi connectivity index (χ0n) is 8.18.